The molecule has 126 valence electrons. The first-order valence-electron chi connectivity index (χ1n) is 7.30. The topological polar surface area (TPSA) is 66.6 Å². The van der Waals surface area contributed by atoms with Crippen molar-refractivity contribution in [3.8, 4) is 0 Å². The van der Waals surface area contributed by atoms with Crippen LogP contribution in [-0.2, 0) is 16.6 Å². The molecular formula is C15H26ClN3O2S. The summed E-state index contributed by atoms with van der Waals surface area (Å²) in [5.74, 6) is 0.540. The highest BCUT2D eigenvalue weighted by Gasteiger charge is 2.25. The van der Waals surface area contributed by atoms with Gasteiger partial charge in [-0.3, -0.25) is 4.90 Å². The lowest BCUT2D eigenvalue weighted by Crippen LogP contribution is -2.29. The van der Waals surface area contributed by atoms with Gasteiger partial charge >= 0.3 is 0 Å². The molecule has 0 aromatic heterocycles. The smallest absolute Gasteiger partial charge is 0.242 e. The van der Waals surface area contributed by atoms with Crippen LogP contribution >= 0.6 is 12.4 Å². The number of likely N-dealkylation sites (tertiary alicyclic amines) is 1. The van der Waals surface area contributed by atoms with E-state index in [1.54, 1.807) is 26.2 Å². The van der Waals surface area contributed by atoms with E-state index in [2.05, 4.69) is 11.8 Å². The Kier molecular flexibility index (Phi) is 6.83. The van der Waals surface area contributed by atoms with Crippen LogP contribution in [-0.4, -0.2) is 50.8 Å². The largest absolute Gasteiger partial charge is 0.328 e. The van der Waals surface area contributed by atoms with Crippen molar-refractivity contribution in [2.45, 2.75) is 30.8 Å². The van der Waals surface area contributed by atoms with Gasteiger partial charge in [0.2, 0.25) is 10.0 Å². The normalized spacial score (nSPS) is 20.9. The molecule has 0 amide bonds. The molecule has 22 heavy (non-hydrogen) atoms. The molecule has 0 aliphatic carbocycles. The molecule has 1 saturated heterocycles. The highest BCUT2D eigenvalue weighted by molar-refractivity contribution is 7.89. The molecule has 7 heteroatoms. The summed E-state index contributed by atoms with van der Waals surface area (Å²) >= 11 is 0. The number of halogens is 1. The first kappa shape index (κ1) is 19.4. The summed E-state index contributed by atoms with van der Waals surface area (Å²) in [5.41, 5.74) is 6.99. The minimum Gasteiger partial charge on any atom is -0.328 e. The van der Waals surface area contributed by atoms with E-state index in [1.807, 2.05) is 12.1 Å². The van der Waals surface area contributed by atoms with Crippen molar-refractivity contribution in [3.05, 3.63) is 29.8 Å². The van der Waals surface area contributed by atoms with Gasteiger partial charge < -0.3 is 5.73 Å². The molecule has 5 nitrogen and oxygen atoms in total. The number of rotatable bonds is 5. The monoisotopic (exact) mass is 347 g/mol. The summed E-state index contributed by atoms with van der Waals surface area (Å²) in [6, 6.07) is 7.43. The Balaban J connectivity index is 0.00000242. The maximum Gasteiger partial charge on any atom is 0.242 e. The van der Waals surface area contributed by atoms with Gasteiger partial charge in [-0.2, -0.15) is 0 Å². The minimum atomic E-state index is -3.36. The standard InChI is InChI=1S/C15H25N3O2S.ClH/c1-12(16)14-7-8-18(11-14)10-13-5-4-6-15(9-13)21(19,20)17(2)3;/h4-6,9,12,14H,7-8,10-11,16H2,1-3H3;1H. The van der Waals surface area contributed by atoms with Gasteiger partial charge in [-0.05, 0) is 43.5 Å². The average Bonchev–Trinajstić information content (AvgIpc) is 2.87. The fraction of sp³-hybridized carbons (Fsp3) is 0.600. The lowest BCUT2D eigenvalue weighted by atomic mass is 10.0. The molecule has 0 bridgehead atoms. The van der Waals surface area contributed by atoms with Crippen LogP contribution in [0.25, 0.3) is 0 Å². The van der Waals surface area contributed by atoms with Gasteiger partial charge in [0.25, 0.3) is 0 Å². The van der Waals surface area contributed by atoms with Crippen LogP contribution in [0.5, 0.6) is 0 Å². The molecular weight excluding hydrogens is 322 g/mol. The molecule has 1 heterocycles. The third kappa shape index (κ3) is 4.43. The number of sulfonamides is 1. The number of hydrogen-bond donors (Lipinski definition) is 1. The minimum absolute atomic E-state index is 0. The van der Waals surface area contributed by atoms with Crippen LogP contribution in [0.3, 0.4) is 0 Å². The maximum absolute atomic E-state index is 12.2. The summed E-state index contributed by atoms with van der Waals surface area (Å²) in [4.78, 5) is 2.70. The van der Waals surface area contributed by atoms with Gasteiger partial charge in [0.15, 0.2) is 0 Å². The maximum atomic E-state index is 12.2. The van der Waals surface area contributed by atoms with E-state index < -0.39 is 10.0 Å². The number of benzene rings is 1. The summed E-state index contributed by atoms with van der Waals surface area (Å²) < 4.78 is 25.6. The van der Waals surface area contributed by atoms with Crippen molar-refractivity contribution in [2.24, 2.45) is 11.7 Å². The molecule has 1 aromatic rings. The lowest BCUT2D eigenvalue weighted by molar-refractivity contribution is 0.308. The summed E-state index contributed by atoms with van der Waals surface area (Å²) in [6.45, 7) is 4.84. The number of nitrogens with zero attached hydrogens (tertiary/aromatic N) is 2. The second kappa shape index (κ2) is 7.75. The molecule has 2 N–H and O–H groups in total. The van der Waals surface area contributed by atoms with E-state index in [9.17, 15) is 8.42 Å². The van der Waals surface area contributed by atoms with E-state index in [0.717, 1.165) is 31.6 Å². The molecule has 1 aliphatic rings. The molecule has 2 atom stereocenters. The molecule has 0 saturated carbocycles. The molecule has 1 fully saturated rings. The van der Waals surface area contributed by atoms with Gasteiger partial charge in [-0.15, -0.1) is 12.4 Å². The van der Waals surface area contributed by atoms with E-state index in [4.69, 9.17) is 5.73 Å². The Hall–Kier alpha value is -0.660. The van der Waals surface area contributed by atoms with Crippen molar-refractivity contribution in [2.75, 3.05) is 27.2 Å². The Morgan fingerprint density at radius 1 is 1.41 bits per heavy atom. The van der Waals surface area contributed by atoms with E-state index in [0.29, 0.717) is 10.8 Å². The third-order valence-corrected chi connectivity index (χ3v) is 5.95. The van der Waals surface area contributed by atoms with Crippen molar-refractivity contribution in [1.82, 2.24) is 9.21 Å². The predicted octanol–water partition coefficient (Wildman–Crippen LogP) is 1.53. The second-order valence-electron chi connectivity index (χ2n) is 6.08. The molecule has 1 aromatic carbocycles. The SMILES string of the molecule is CC(N)C1CCN(Cc2cccc(S(=O)(=O)N(C)C)c2)C1.Cl. The van der Waals surface area contributed by atoms with Crippen LogP contribution < -0.4 is 5.73 Å². The highest BCUT2D eigenvalue weighted by Crippen LogP contribution is 2.22. The van der Waals surface area contributed by atoms with Gasteiger partial charge in [-0.25, -0.2) is 12.7 Å². The Labute approximate surface area is 139 Å². The van der Waals surface area contributed by atoms with Crippen LogP contribution in [0.1, 0.15) is 18.9 Å². The fourth-order valence-corrected chi connectivity index (χ4v) is 3.68. The van der Waals surface area contributed by atoms with Crippen molar-refractivity contribution >= 4 is 22.4 Å². The Morgan fingerprint density at radius 3 is 2.64 bits per heavy atom. The predicted molar refractivity (Wildman–Crippen MR) is 91.6 cm³/mol. The van der Waals surface area contributed by atoms with Crippen LogP contribution in [0.15, 0.2) is 29.2 Å². The zero-order valence-electron chi connectivity index (χ0n) is 13.4. The molecule has 2 rings (SSSR count). The van der Waals surface area contributed by atoms with Crippen LogP contribution in [0.4, 0.5) is 0 Å². The first-order valence-corrected chi connectivity index (χ1v) is 8.74. The molecule has 0 radical (unpaired) electrons. The number of hydrogen-bond acceptors (Lipinski definition) is 4. The van der Waals surface area contributed by atoms with Crippen molar-refractivity contribution in [3.63, 3.8) is 0 Å². The van der Waals surface area contributed by atoms with E-state index >= 15 is 0 Å². The van der Waals surface area contributed by atoms with Gasteiger partial charge in [0.1, 0.15) is 0 Å². The second-order valence-corrected chi connectivity index (χ2v) is 8.23. The quantitative estimate of drug-likeness (QED) is 0.877. The zero-order valence-corrected chi connectivity index (χ0v) is 15.0. The van der Waals surface area contributed by atoms with Crippen LogP contribution in [0, 0.1) is 5.92 Å². The zero-order chi connectivity index (χ0) is 15.6. The third-order valence-electron chi connectivity index (χ3n) is 4.14. The molecule has 1 aliphatic heterocycles. The summed E-state index contributed by atoms with van der Waals surface area (Å²) in [7, 11) is -0.260. The van der Waals surface area contributed by atoms with Gasteiger partial charge in [0, 0.05) is 33.2 Å². The van der Waals surface area contributed by atoms with Gasteiger partial charge in [0.05, 0.1) is 4.90 Å². The molecule has 2 unspecified atom stereocenters. The number of nitrogens with two attached hydrogens (primary N) is 1. The van der Waals surface area contributed by atoms with E-state index in [1.165, 1.54) is 4.31 Å². The van der Waals surface area contributed by atoms with Crippen molar-refractivity contribution in [1.29, 1.82) is 0 Å². The lowest BCUT2D eigenvalue weighted by Gasteiger charge is -2.18. The molecule has 0 spiro atoms. The average molecular weight is 348 g/mol. The fourth-order valence-electron chi connectivity index (χ4n) is 2.71. The van der Waals surface area contributed by atoms with E-state index in [-0.39, 0.29) is 18.4 Å². The highest BCUT2D eigenvalue weighted by atomic mass is 35.5. The Morgan fingerprint density at radius 2 is 2.09 bits per heavy atom. The first-order chi connectivity index (χ1) is 9.80. The van der Waals surface area contributed by atoms with Gasteiger partial charge in [-0.1, -0.05) is 12.1 Å². The summed E-state index contributed by atoms with van der Waals surface area (Å²) in [5, 5.41) is 0. The Bertz CT molecular complexity index is 590. The van der Waals surface area contributed by atoms with Crippen LogP contribution in [0.2, 0.25) is 0 Å². The summed E-state index contributed by atoms with van der Waals surface area (Å²) in [6.07, 6.45) is 1.12. The van der Waals surface area contributed by atoms with Crippen molar-refractivity contribution < 1.29 is 8.42 Å².